The number of nitrogens with one attached hydrogen (secondary N) is 1. The second kappa shape index (κ2) is 5.81. The van der Waals surface area contributed by atoms with E-state index < -0.39 is 0 Å². The van der Waals surface area contributed by atoms with Gasteiger partial charge in [0.15, 0.2) is 0 Å². The summed E-state index contributed by atoms with van der Waals surface area (Å²) in [6.45, 7) is 0.532. The molecule has 0 spiro atoms. The Kier molecular flexibility index (Phi) is 3.43. The third-order valence-corrected chi connectivity index (χ3v) is 7.56. The molecule has 2 atom stereocenters. The number of H-pyrrole nitrogens is 1. The van der Waals surface area contributed by atoms with E-state index in [9.17, 15) is 4.79 Å². The number of fused-ring (bicyclic) bond motifs is 3. The van der Waals surface area contributed by atoms with Crippen molar-refractivity contribution in [2.75, 3.05) is 6.61 Å². The Hall–Kier alpha value is -2.39. The summed E-state index contributed by atoms with van der Waals surface area (Å²) < 4.78 is 8.37. The predicted molar refractivity (Wildman–Crippen MR) is 105 cm³/mol. The van der Waals surface area contributed by atoms with E-state index in [1.165, 1.54) is 12.8 Å². The summed E-state index contributed by atoms with van der Waals surface area (Å²) >= 11 is 0. The highest BCUT2D eigenvalue weighted by molar-refractivity contribution is 5.87. The number of rotatable bonds is 4. The van der Waals surface area contributed by atoms with Crippen molar-refractivity contribution in [3.63, 3.8) is 0 Å². The first-order chi connectivity index (χ1) is 13.7. The third-order valence-electron chi connectivity index (χ3n) is 7.56. The van der Waals surface area contributed by atoms with Gasteiger partial charge in [0.1, 0.15) is 0 Å². The van der Waals surface area contributed by atoms with Crippen LogP contribution >= 0.6 is 0 Å². The van der Waals surface area contributed by atoms with E-state index in [2.05, 4.69) is 32.8 Å². The summed E-state index contributed by atoms with van der Waals surface area (Å²) in [6, 6.07) is 2.44. The number of aromatic nitrogens is 3. The Balaban J connectivity index is 1.42. The zero-order valence-electron chi connectivity index (χ0n) is 15.9. The summed E-state index contributed by atoms with van der Waals surface area (Å²) in [5.41, 5.74) is 4.01. The Morgan fingerprint density at radius 3 is 2.93 bits per heavy atom. The van der Waals surface area contributed by atoms with Crippen LogP contribution in [0, 0.1) is 29.1 Å². The molecule has 0 amide bonds. The fourth-order valence-electron chi connectivity index (χ4n) is 6.93. The average Bonchev–Trinajstić information content (AvgIpc) is 3.25. The van der Waals surface area contributed by atoms with Crippen molar-refractivity contribution in [1.29, 1.82) is 5.26 Å². The SMILES string of the molecule is N#CCCOC12CC3CC(C1)C(n1c(=O)[nH]c4cnc5c(c41)C=CC5)C(C3)C2. The molecule has 2 aromatic heterocycles. The van der Waals surface area contributed by atoms with Gasteiger partial charge >= 0.3 is 5.69 Å². The molecule has 0 saturated heterocycles. The molecule has 2 aromatic rings. The molecule has 2 unspecified atom stereocenters. The minimum atomic E-state index is -0.0665. The van der Waals surface area contributed by atoms with E-state index in [4.69, 9.17) is 10.00 Å². The zero-order valence-corrected chi connectivity index (χ0v) is 15.9. The summed E-state index contributed by atoms with van der Waals surface area (Å²) in [7, 11) is 0. The van der Waals surface area contributed by atoms with Crippen molar-refractivity contribution in [3.05, 3.63) is 34.0 Å². The van der Waals surface area contributed by atoms with Gasteiger partial charge in [-0.3, -0.25) is 9.55 Å². The van der Waals surface area contributed by atoms with Gasteiger partial charge < -0.3 is 9.72 Å². The van der Waals surface area contributed by atoms with Crippen LogP contribution in [0.1, 0.15) is 55.8 Å². The fourth-order valence-corrected chi connectivity index (χ4v) is 6.93. The molecule has 0 aliphatic heterocycles. The highest BCUT2D eigenvalue weighted by Gasteiger charge is 2.57. The lowest BCUT2D eigenvalue weighted by Gasteiger charge is -2.59. The quantitative estimate of drug-likeness (QED) is 0.830. The average molecular weight is 376 g/mol. The lowest BCUT2D eigenvalue weighted by atomic mass is 9.52. The standard InChI is InChI=1S/C22H24N4O2/c23-5-2-6-28-22-9-13-7-14(10-22)19(15(8-13)11-22)26-20-16-3-1-4-17(16)24-12-18(20)25-21(26)27/h1,3,12-15,19H,2,4,6-11H2,(H,25,27). The van der Waals surface area contributed by atoms with E-state index in [1.807, 2.05) is 6.20 Å². The van der Waals surface area contributed by atoms with Gasteiger partial charge in [-0.05, 0) is 49.9 Å². The number of ether oxygens (including phenoxy) is 1. The van der Waals surface area contributed by atoms with E-state index in [1.54, 1.807) is 0 Å². The van der Waals surface area contributed by atoms with Crippen LogP contribution in [0.15, 0.2) is 17.1 Å². The second-order valence-corrected chi connectivity index (χ2v) is 9.19. The van der Waals surface area contributed by atoms with E-state index >= 15 is 0 Å². The molecule has 28 heavy (non-hydrogen) atoms. The van der Waals surface area contributed by atoms with Gasteiger partial charge in [0.05, 0.1) is 47.6 Å². The molecule has 6 nitrogen and oxygen atoms in total. The Morgan fingerprint density at radius 1 is 1.32 bits per heavy atom. The van der Waals surface area contributed by atoms with Gasteiger partial charge in [0.25, 0.3) is 0 Å². The number of imidazole rings is 1. The number of pyridine rings is 1. The van der Waals surface area contributed by atoms with E-state index in [0.717, 1.165) is 48.0 Å². The first-order valence-electron chi connectivity index (χ1n) is 10.5. The molecule has 2 heterocycles. The molecular weight excluding hydrogens is 352 g/mol. The molecule has 4 bridgehead atoms. The number of hydrogen-bond donors (Lipinski definition) is 1. The summed E-state index contributed by atoms with van der Waals surface area (Å²) in [5, 5.41) is 8.87. The van der Waals surface area contributed by atoms with Gasteiger partial charge in [0, 0.05) is 18.0 Å². The zero-order chi connectivity index (χ0) is 18.9. The van der Waals surface area contributed by atoms with Gasteiger partial charge in [-0.25, -0.2) is 4.79 Å². The van der Waals surface area contributed by atoms with Gasteiger partial charge in [0.2, 0.25) is 0 Å². The van der Waals surface area contributed by atoms with Crippen LogP contribution in [0.2, 0.25) is 0 Å². The second-order valence-electron chi connectivity index (χ2n) is 9.19. The van der Waals surface area contributed by atoms with Crippen molar-refractivity contribution < 1.29 is 4.74 Å². The Labute approximate surface area is 163 Å². The molecule has 0 aromatic carbocycles. The first-order valence-corrected chi connectivity index (χ1v) is 10.5. The minimum absolute atomic E-state index is 0.00224. The Bertz CT molecular complexity index is 1070. The molecule has 5 aliphatic rings. The van der Waals surface area contributed by atoms with Crippen molar-refractivity contribution >= 4 is 17.1 Å². The monoisotopic (exact) mass is 376 g/mol. The Morgan fingerprint density at radius 2 is 2.14 bits per heavy atom. The lowest BCUT2D eigenvalue weighted by Crippen LogP contribution is -2.57. The molecule has 5 aliphatic carbocycles. The van der Waals surface area contributed by atoms with Crippen molar-refractivity contribution in [3.8, 4) is 6.07 Å². The molecule has 144 valence electrons. The van der Waals surface area contributed by atoms with Gasteiger partial charge in [-0.15, -0.1) is 0 Å². The van der Waals surface area contributed by atoms with E-state index in [0.29, 0.717) is 30.8 Å². The largest absolute Gasteiger partial charge is 0.374 e. The molecular formula is C22H24N4O2. The summed E-state index contributed by atoms with van der Waals surface area (Å²) in [4.78, 5) is 20.6. The van der Waals surface area contributed by atoms with Gasteiger partial charge in [-0.2, -0.15) is 5.26 Å². The number of aromatic amines is 1. The molecule has 1 N–H and O–H groups in total. The summed E-state index contributed by atoms with van der Waals surface area (Å²) in [6.07, 6.45) is 12.9. The highest BCUT2D eigenvalue weighted by Crippen LogP contribution is 2.61. The molecule has 4 saturated carbocycles. The topological polar surface area (TPSA) is 83.7 Å². The van der Waals surface area contributed by atoms with Crippen LogP contribution in [0.25, 0.3) is 17.1 Å². The molecule has 0 radical (unpaired) electrons. The van der Waals surface area contributed by atoms with Crippen molar-refractivity contribution in [2.45, 2.75) is 56.6 Å². The number of hydrogen-bond acceptors (Lipinski definition) is 4. The number of nitrogens with zero attached hydrogens (tertiary/aromatic N) is 3. The van der Waals surface area contributed by atoms with Crippen LogP contribution in [0.4, 0.5) is 0 Å². The maximum atomic E-state index is 13.0. The minimum Gasteiger partial charge on any atom is -0.374 e. The lowest BCUT2D eigenvalue weighted by molar-refractivity contribution is -0.178. The molecule has 4 fully saturated rings. The maximum Gasteiger partial charge on any atom is 0.326 e. The number of allylic oxidation sites excluding steroid dienone is 1. The van der Waals surface area contributed by atoms with Crippen LogP contribution < -0.4 is 5.69 Å². The van der Waals surface area contributed by atoms with Crippen molar-refractivity contribution in [2.24, 2.45) is 17.8 Å². The fraction of sp³-hybridized carbons (Fsp3) is 0.591. The van der Waals surface area contributed by atoms with E-state index in [-0.39, 0.29) is 17.3 Å². The normalized spacial score (nSPS) is 34.8. The van der Waals surface area contributed by atoms with Crippen LogP contribution in [-0.2, 0) is 11.2 Å². The van der Waals surface area contributed by atoms with Crippen LogP contribution in [-0.4, -0.2) is 26.7 Å². The van der Waals surface area contributed by atoms with Crippen molar-refractivity contribution in [1.82, 2.24) is 14.5 Å². The number of nitriles is 1. The predicted octanol–water partition coefficient (Wildman–Crippen LogP) is 3.34. The highest BCUT2D eigenvalue weighted by atomic mass is 16.5. The van der Waals surface area contributed by atoms with Crippen LogP contribution in [0.3, 0.4) is 0 Å². The molecule has 6 heteroatoms. The van der Waals surface area contributed by atoms with Gasteiger partial charge in [-0.1, -0.05) is 12.2 Å². The summed E-state index contributed by atoms with van der Waals surface area (Å²) in [5.74, 6) is 1.64. The third kappa shape index (κ3) is 2.23. The van der Waals surface area contributed by atoms with Crippen LogP contribution in [0.5, 0.6) is 0 Å². The molecule has 7 rings (SSSR count). The first kappa shape index (κ1) is 16.6. The maximum absolute atomic E-state index is 13.0. The smallest absolute Gasteiger partial charge is 0.326 e.